The number of rotatable bonds is 7. The molecule has 2 aromatic heterocycles. The maximum atomic E-state index is 13.1. The molecule has 0 saturated heterocycles. The molecular weight excluding hydrogens is 481 g/mol. The second-order valence-corrected chi connectivity index (χ2v) is 9.64. The Bertz CT molecular complexity index is 1460. The van der Waals surface area contributed by atoms with E-state index in [4.69, 9.17) is 10.7 Å². The quantitative estimate of drug-likeness (QED) is 0.340. The number of benzene rings is 2. The van der Waals surface area contributed by atoms with Gasteiger partial charge >= 0.3 is 6.18 Å². The van der Waals surface area contributed by atoms with Crippen molar-refractivity contribution in [3.05, 3.63) is 71.0 Å². The smallest absolute Gasteiger partial charge is 0.365 e. The van der Waals surface area contributed by atoms with Gasteiger partial charge in [-0.05, 0) is 56.4 Å². The lowest BCUT2D eigenvalue weighted by Gasteiger charge is -2.32. The number of nitrogens with zero attached hydrogens (tertiary/aromatic N) is 4. The number of nitrogens with one attached hydrogen (secondary N) is 1. The van der Waals surface area contributed by atoms with Crippen LogP contribution < -0.4 is 11.1 Å². The lowest BCUT2D eigenvalue weighted by atomic mass is 9.80. The van der Waals surface area contributed by atoms with E-state index in [1.165, 1.54) is 18.6 Å². The van der Waals surface area contributed by atoms with Crippen LogP contribution in [0.5, 0.6) is 0 Å². The lowest BCUT2D eigenvalue weighted by molar-refractivity contribution is -0.137. The number of imidazole rings is 1. The van der Waals surface area contributed by atoms with E-state index in [0.717, 1.165) is 36.1 Å². The molecule has 37 heavy (non-hydrogen) atoms. The van der Waals surface area contributed by atoms with Gasteiger partial charge in [-0.1, -0.05) is 42.3 Å². The molecule has 4 aromatic rings. The first-order valence-corrected chi connectivity index (χ1v) is 12.2. The number of hydrogen-bond donors (Lipinski definition) is 2. The summed E-state index contributed by atoms with van der Waals surface area (Å²) in [4.78, 5) is 25.6. The number of primary amides is 1. The van der Waals surface area contributed by atoms with Gasteiger partial charge in [-0.2, -0.15) is 13.2 Å². The summed E-state index contributed by atoms with van der Waals surface area (Å²) in [7, 11) is 0. The highest BCUT2D eigenvalue weighted by Crippen LogP contribution is 2.34. The Morgan fingerprint density at radius 2 is 1.86 bits per heavy atom. The third-order valence-electron chi connectivity index (χ3n) is 6.94. The predicted molar refractivity (Wildman–Crippen MR) is 135 cm³/mol. The second-order valence-electron chi connectivity index (χ2n) is 9.64. The van der Waals surface area contributed by atoms with Gasteiger partial charge in [-0.3, -0.25) is 4.79 Å². The molecule has 1 aliphatic rings. The fraction of sp³-hybridized carbons (Fsp3) is 0.333. The van der Waals surface area contributed by atoms with E-state index in [0.29, 0.717) is 28.6 Å². The maximum Gasteiger partial charge on any atom is 0.416 e. The third kappa shape index (κ3) is 5.00. The van der Waals surface area contributed by atoms with Crippen molar-refractivity contribution in [2.45, 2.75) is 51.9 Å². The van der Waals surface area contributed by atoms with E-state index in [9.17, 15) is 18.0 Å². The minimum atomic E-state index is -4.42. The average molecular weight is 509 g/mol. The minimum absolute atomic E-state index is 0.0874. The first kappa shape index (κ1) is 24.7. The molecule has 1 fully saturated rings. The molecule has 1 atom stereocenters. The van der Waals surface area contributed by atoms with Gasteiger partial charge in [-0.25, -0.2) is 15.0 Å². The van der Waals surface area contributed by atoms with Crippen molar-refractivity contribution in [2.75, 3.05) is 5.32 Å². The Hall–Kier alpha value is -3.95. The van der Waals surface area contributed by atoms with Gasteiger partial charge in [0.2, 0.25) is 5.82 Å². The molecule has 1 unspecified atom stereocenters. The van der Waals surface area contributed by atoms with Crippen molar-refractivity contribution in [3.8, 4) is 11.4 Å². The highest BCUT2D eigenvalue weighted by Gasteiger charge is 2.30. The van der Waals surface area contributed by atoms with Gasteiger partial charge in [0.25, 0.3) is 5.91 Å². The molecule has 2 heterocycles. The highest BCUT2D eigenvalue weighted by atomic mass is 19.4. The summed E-state index contributed by atoms with van der Waals surface area (Å²) < 4.78 is 41.3. The van der Waals surface area contributed by atoms with E-state index in [1.807, 2.05) is 35.8 Å². The first-order valence-electron chi connectivity index (χ1n) is 12.2. The molecule has 1 aliphatic carbocycles. The van der Waals surface area contributed by atoms with Crippen LogP contribution in [0.3, 0.4) is 0 Å². The fourth-order valence-corrected chi connectivity index (χ4v) is 4.66. The van der Waals surface area contributed by atoms with Crippen molar-refractivity contribution in [3.63, 3.8) is 0 Å². The zero-order chi connectivity index (χ0) is 26.3. The van der Waals surface area contributed by atoms with Gasteiger partial charge in [0.05, 0.1) is 5.56 Å². The van der Waals surface area contributed by atoms with E-state index in [-0.39, 0.29) is 24.1 Å². The number of hydrogen-bond acceptors (Lipinski definition) is 5. The minimum Gasteiger partial charge on any atom is -0.365 e. The topological polar surface area (TPSA) is 98.7 Å². The Morgan fingerprint density at radius 3 is 2.46 bits per heavy atom. The van der Waals surface area contributed by atoms with Gasteiger partial charge in [-0.15, -0.1) is 0 Å². The number of fused-ring (bicyclic) bond motifs is 1. The van der Waals surface area contributed by atoms with Crippen LogP contribution in [0.25, 0.3) is 22.6 Å². The van der Waals surface area contributed by atoms with Gasteiger partial charge in [0.15, 0.2) is 11.5 Å². The summed E-state index contributed by atoms with van der Waals surface area (Å²) in [5.41, 5.74) is 8.15. The number of carbonyl (C=O) groups excluding carboxylic acids is 1. The summed E-state index contributed by atoms with van der Waals surface area (Å²) >= 11 is 0. The molecule has 1 saturated carbocycles. The highest BCUT2D eigenvalue weighted by molar-refractivity contribution is 5.94. The largest absolute Gasteiger partial charge is 0.416 e. The predicted octanol–water partition coefficient (Wildman–Crippen LogP) is 5.57. The van der Waals surface area contributed by atoms with Crippen LogP contribution in [0, 0.1) is 12.8 Å². The van der Waals surface area contributed by atoms with Crippen molar-refractivity contribution < 1.29 is 18.0 Å². The van der Waals surface area contributed by atoms with Crippen LogP contribution in [-0.4, -0.2) is 31.5 Å². The fourth-order valence-electron chi connectivity index (χ4n) is 4.66. The summed E-state index contributed by atoms with van der Waals surface area (Å²) in [6, 6.07) is 12.9. The number of alkyl halides is 3. The van der Waals surface area contributed by atoms with Crippen molar-refractivity contribution in [1.82, 2.24) is 19.5 Å². The summed E-state index contributed by atoms with van der Waals surface area (Å²) in [5, 5.41) is 3.44. The number of aryl methyl sites for hydroxylation is 1. The number of halogens is 3. The Kier molecular flexibility index (Phi) is 6.35. The molecule has 1 amide bonds. The SMILES string of the molecule is Cc1cccc(-c2nc3nc(C(N)=O)nc(NC(C)C4CCC4)c3n2Cc2ccc(C(F)(F)F)cc2)c1. The number of carbonyl (C=O) groups is 1. The van der Waals surface area contributed by atoms with Crippen molar-refractivity contribution in [2.24, 2.45) is 11.7 Å². The number of aromatic nitrogens is 4. The Balaban J connectivity index is 1.68. The van der Waals surface area contributed by atoms with Crippen LogP contribution in [0.2, 0.25) is 0 Å². The van der Waals surface area contributed by atoms with Crippen LogP contribution in [0.15, 0.2) is 48.5 Å². The molecule has 3 N–H and O–H groups in total. The van der Waals surface area contributed by atoms with Crippen LogP contribution in [-0.2, 0) is 12.7 Å². The Labute approximate surface area is 211 Å². The lowest BCUT2D eigenvalue weighted by Crippen LogP contribution is -2.31. The third-order valence-corrected chi connectivity index (χ3v) is 6.94. The van der Waals surface area contributed by atoms with E-state index >= 15 is 0 Å². The Morgan fingerprint density at radius 1 is 1.14 bits per heavy atom. The standard InChI is InChI=1S/C27H27F3N6O/c1-15-5-3-8-19(13-15)26-35-24-21(36(26)14-17-9-11-20(12-10-17)27(28,29)30)23(33-25(34-24)22(31)37)32-16(2)18-6-4-7-18/h3,5,8-13,16,18H,4,6-7,14H2,1-2H3,(H2,31,37)(H,32,33,34). The maximum absolute atomic E-state index is 13.1. The molecule has 0 aliphatic heterocycles. The zero-order valence-corrected chi connectivity index (χ0v) is 20.5. The molecule has 0 spiro atoms. The molecular formula is C27H27F3N6O. The second kappa shape index (κ2) is 9.49. The molecule has 0 bridgehead atoms. The van der Waals surface area contributed by atoms with Crippen LogP contribution >= 0.6 is 0 Å². The first-order chi connectivity index (χ1) is 17.6. The van der Waals surface area contributed by atoms with E-state index in [2.05, 4.69) is 22.2 Å². The van der Waals surface area contributed by atoms with Gasteiger partial charge in [0, 0.05) is 18.2 Å². The summed E-state index contributed by atoms with van der Waals surface area (Å²) in [6.07, 6.45) is -1.04. The molecule has 7 nitrogen and oxygen atoms in total. The normalized spacial score (nSPS) is 14.9. The number of amides is 1. The molecule has 2 aromatic carbocycles. The summed E-state index contributed by atoms with van der Waals surface area (Å²) in [5.74, 6) is 0.552. The average Bonchev–Trinajstić information content (AvgIpc) is 3.16. The number of anilines is 1. The zero-order valence-electron chi connectivity index (χ0n) is 20.5. The monoisotopic (exact) mass is 508 g/mol. The van der Waals surface area contributed by atoms with E-state index < -0.39 is 17.6 Å². The summed E-state index contributed by atoms with van der Waals surface area (Å²) in [6.45, 7) is 4.26. The van der Waals surface area contributed by atoms with Gasteiger partial charge in [0.1, 0.15) is 11.3 Å². The number of nitrogens with two attached hydrogens (primary N) is 1. The molecule has 0 radical (unpaired) electrons. The van der Waals surface area contributed by atoms with Gasteiger partial charge < -0.3 is 15.6 Å². The van der Waals surface area contributed by atoms with E-state index in [1.54, 1.807) is 0 Å². The van der Waals surface area contributed by atoms with Crippen LogP contribution in [0.4, 0.5) is 19.0 Å². The van der Waals surface area contributed by atoms with Crippen LogP contribution in [0.1, 0.15) is 53.5 Å². The molecule has 10 heteroatoms. The van der Waals surface area contributed by atoms with Crippen molar-refractivity contribution >= 4 is 22.9 Å². The molecule has 192 valence electrons. The molecule has 5 rings (SSSR count). The van der Waals surface area contributed by atoms with Crippen molar-refractivity contribution in [1.29, 1.82) is 0 Å².